The van der Waals surface area contributed by atoms with Gasteiger partial charge >= 0.3 is 24.1 Å². The van der Waals surface area contributed by atoms with Crippen LogP contribution in [0.1, 0.15) is 55.9 Å². The fourth-order valence-corrected chi connectivity index (χ4v) is 10.1. The van der Waals surface area contributed by atoms with E-state index < -0.39 is 139 Å². The summed E-state index contributed by atoms with van der Waals surface area (Å²) >= 11 is 0. The molecule has 0 fully saturated rings. The number of nitrogens with one attached hydrogen (secondary N) is 3. The zero-order valence-electron chi connectivity index (χ0n) is 39.8. The van der Waals surface area contributed by atoms with Crippen LogP contribution < -0.4 is 26.2 Å². The van der Waals surface area contributed by atoms with Crippen LogP contribution in [-0.2, 0) is 63.4 Å². The van der Waals surface area contributed by atoms with E-state index in [2.05, 4.69) is 0 Å². The number of pyridine rings is 2. The predicted octanol–water partition coefficient (Wildman–Crippen LogP) is -3.66. The number of amides is 3. The van der Waals surface area contributed by atoms with Crippen molar-refractivity contribution in [2.45, 2.75) is 114 Å². The Morgan fingerprint density at radius 2 is 1.49 bits per heavy atom. The number of aromatic nitrogens is 2. The molecular weight excluding hydrogens is 1030 g/mol. The van der Waals surface area contributed by atoms with Gasteiger partial charge in [0.2, 0.25) is 17.7 Å². The molecule has 4 heterocycles. The van der Waals surface area contributed by atoms with Gasteiger partial charge < -0.3 is 90.9 Å². The number of hydrogen-bond acceptors (Lipinski definition) is 23. The van der Waals surface area contributed by atoms with E-state index in [9.17, 15) is 89.4 Å². The number of aliphatic hydroxyl groups is 9. The van der Waals surface area contributed by atoms with Crippen molar-refractivity contribution in [3.8, 4) is 17.1 Å². The van der Waals surface area contributed by atoms with Crippen LogP contribution in [0.2, 0.25) is 0 Å². The van der Waals surface area contributed by atoms with Crippen LogP contribution in [0.25, 0.3) is 22.3 Å². The fraction of sp³-hybridized carbons (Fsp3) is 0.533. The second-order valence-corrected chi connectivity index (χ2v) is 19.8. The number of hydrogen-bond donors (Lipinski definition) is 14. The van der Waals surface area contributed by atoms with Crippen LogP contribution >= 0.6 is 21.6 Å². The SMILES string of the molecule is CCc1c2c(nc3ccc(OC(=O)OCCSSC[C@@H](NC(=O)[C@@H](NC(=O)[C@H](CC(=O)O)NC(=O)[C@@H](C)[C@@H](O)[C@H](O)[C@H](O)CO)[C@@H](O)[C@H](O)[C@H](O)CO)C(=O)O)cc13)-c1cc3c(c(=O)n1C2)COC(=O)[C@]3(O)CC. The minimum Gasteiger partial charge on any atom is -0.481 e. The van der Waals surface area contributed by atoms with Gasteiger partial charge in [-0.1, -0.05) is 42.4 Å². The molecule has 2 aromatic heterocycles. The molecule has 27 nitrogen and oxygen atoms in total. The molecule has 3 aromatic rings. The van der Waals surface area contributed by atoms with Crippen molar-refractivity contribution in [2.75, 3.05) is 31.3 Å². The first-order chi connectivity index (χ1) is 34.9. The van der Waals surface area contributed by atoms with E-state index in [0.717, 1.165) is 39.6 Å². The molecule has 5 rings (SSSR count). The van der Waals surface area contributed by atoms with Gasteiger partial charge in [0.05, 0.1) is 60.7 Å². The maximum absolute atomic E-state index is 13.7. The minimum atomic E-state index is -2.51. The molecule has 14 N–H and O–H groups in total. The number of esters is 1. The molecule has 0 saturated heterocycles. The Morgan fingerprint density at radius 3 is 2.09 bits per heavy atom. The molecule has 3 amide bonds. The third kappa shape index (κ3) is 13.1. The van der Waals surface area contributed by atoms with Gasteiger partial charge in [0.15, 0.2) is 5.60 Å². The summed E-state index contributed by atoms with van der Waals surface area (Å²) < 4.78 is 17.3. The number of carbonyl (C=O) groups is 7. The summed E-state index contributed by atoms with van der Waals surface area (Å²) in [6, 6.07) is -0.0441. The first-order valence-electron chi connectivity index (χ1n) is 22.8. The lowest BCUT2D eigenvalue weighted by Crippen LogP contribution is -2.63. The lowest BCUT2D eigenvalue weighted by molar-refractivity contribution is -0.172. The summed E-state index contributed by atoms with van der Waals surface area (Å²) in [4.78, 5) is 107. The highest BCUT2D eigenvalue weighted by Crippen LogP contribution is 2.41. The maximum atomic E-state index is 13.7. The van der Waals surface area contributed by atoms with Crippen molar-refractivity contribution in [3.05, 3.63) is 56.9 Å². The number of aliphatic hydroxyl groups excluding tert-OH is 8. The number of aliphatic carboxylic acids is 2. The van der Waals surface area contributed by atoms with Gasteiger partial charge in [-0.25, -0.2) is 19.4 Å². The zero-order chi connectivity index (χ0) is 54.9. The summed E-state index contributed by atoms with van der Waals surface area (Å²) in [7, 11) is 1.84. The number of aryl methyl sites for hydroxylation is 1. The van der Waals surface area contributed by atoms with Crippen LogP contribution in [0.5, 0.6) is 5.75 Å². The number of fused-ring (bicyclic) bond motifs is 5. The lowest BCUT2D eigenvalue weighted by Gasteiger charge is -2.31. The Balaban J connectivity index is 1.18. The Hall–Kier alpha value is -5.99. The largest absolute Gasteiger partial charge is 0.513 e. The Morgan fingerprint density at radius 1 is 0.838 bits per heavy atom. The topological polar surface area (TPSA) is 441 Å². The Labute approximate surface area is 427 Å². The molecular formula is C45H57N5O22S2. The monoisotopic (exact) mass is 1080 g/mol. The van der Waals surface area contributed by atoms with Gasteiger partial charge in [-0.2, -0.15) is 0 Å². The van der Waals surface area contributed by atoms with Crippen molar-refractivity contribution in [2.24, 2.45) is 5.92 Å². The van der Waals surface area contributed by atoms with E-state index in [-0.39, 0.29) is 48.8 Å². The molecule has 1 aromatic carbocycles. The molecule has 0 unspecified atom stereocenters. The number of carbonyl (C=O) groups excluding carboxylic acids is 5. The highest BCUT2D eigenvalue weighted by atomic mass is 33.1. The Kier molecular flexibility index (Phi) is 20.3. The predicted molar refractivity (Wildman–Crippen MR) is 256 cm³/mol. The third-order valence-electron chi connectivity index (χ3n) is 12.4. The van der Waals surface area contributed by atoms with Crippen LogP contribution in [-0.4, -0.2) is 194 Å². The summed E-state index contributed by atoms with van der Waals surface area (Å²) in [6.45, 7) is 1.92. The maximum Gasteiger partial charge on any atom is 0.513 e. The smallest absolute Gasteiger partial charge is 0.481 e. The first-order valence-corrected chi connectivity index (χ1v) is 25.3. The molecule has 0 radical (unpaired) electrons. The third-order valence-corrected chi connectivity index (χ3v) is 14.8. The number of rotatable bonds is 26. The number of carboxylic acid groups (broad SMARTS) is 2. The van der Waals surface area contributed by atoms with Crippen molar-refractivity contribution < 1.29 is 104 Å². The highest BCUT2D eigenvalue weighted by molar-refractivity contribution is 8.76. The molecule has 2 aliphatic heterocycles. The van der Waals surface area contributed by atoms with Gasteiger partial charge in [-0.15, -0.1) is 0 Å². The summed E-state index contributed by atoms with van der Waals surface area (Å²) in [5, 5.41) is 117. The second-order valence-electron chi connectivity index (χ2n) is 17.2. The van der Waals surface area contributed by atoms with E-state index in [1.807, 2.05) is 22.9 Å². The van der Waals surface area contributed by atoms with E-state index in [1.165, 1.54) is 10.6 Å². The quantitative estimate of drug-likeness (QED) is 0.0125. The fourth-order valence-electron chi connectivity index (χ4n) is 8.07. The van der Waals surface area contributed by atoms with Gasteiger partial charge in [0.25, 0.3) is 5.56 Å². The molecule has 74 heavy (non-hydrogen) atoms. The summed E-state index contributed by atoms with van der Waals surface area (Å²) in [6.07, 6.45) is -14.9. The van der Waals surface area contributed by atoms with Crippen molar-refractivity contribution >= 4 is 74.3 Å². The average molecular weight is 1080 g/mol. The molecule has 11 atom stereocenters. The van der Waals surface area contributed by atoms with E-state index >= 15 is 0 Å². The Bertz CT molecular complexity index is 2670. The van der Waals surface area contributed by atoms with E-state index in [1.54, 1.807) is 25.1 Å². The molecule has 0 spiro atoms. The lowest BCUT2D eigenvalue weighted by atomic mass is 9.86. The second kappa shape index (κ2) is 25.5. The number of carboxylic acids is 2. The van der Waals surface area contributed by atoms with Crippen molar-refractivity contribution in [1.29, 1.82) is 0 Å². The van der Waals surface area contributed by atoms with E-state index in [0.29, 0.717) is 28.7 Å². The van der Waals surface area contributed by atoms with Gasteiger partial charge in [-0.05, 0) is 42.7 Å². The molecule has 0 bridgehead atoms. The van der Waals surface area contributed by atoms with Gasteiger partial charge in [0, 0.05) is 28.0 Å². The first kappa shape index (κ1) is 58.9. The van der Waals surface area contributed by atoms with Gasteiger partial charge in [0.1, 0.15) is 67.6 Å². The molecule has 0 aliphatic carbocycles. The zero-order valence-corrected chi connectivity index (χ0v) is 41.4. The molecule has 2 aliphatic rings. The standard InChI is InChI=1S/C45H57N5O22S2/c1-4-20-21-10-19(6-7-25(21)46-32-22(20)13-50-28(32)11-24-23(41(50)64)16-71-43(67)45(24,69)5-2)72-44(68)70-8-9-73-74-17-27(42(65)66)48-40(63)33(37(60)36(59)30(54)15-52)49-39(62)26(12-31(55)56)47-38(61)18(3)34(57)35(58)29(53)14-51/h6-7,10-11,18,26-27,29-30,33-37,51-54,57-60,69H,4-5,8-9,12-17H2,1-3H3,(H,47,61)(H,48,63)(H,49,62)(H,55,56)(H,65,66)/t18-,26-,27+,29+,30+,33-,34+,35+,36+,37+,45-/m0/s1. The molecule has 406 valence electrons. The van der Waals surface area contributed by atoms with Crippen LogP contribution in [0, 0.1) is 5.92 Å². The normalized spacial score (nSPS) is 18.8. The number of benzene rings is 1. The van der Waals surface area contributed by atoms with Crippen molar-refractivity contribution in [3.63, 3.8) is 0 Å². The average Bonchev–Trinajstić information content (AvgIpc) is 3.74. The molecule has 29 heteroatoms. The number of cyclic esters (lactones) is 1. The van der Waals surface area contributed by atoms with Crippen molar-refractivity contribution in [1.82, 2.24) is 25.5 Å². The van der Waals surface area contributed by atoms with Gasteiger partial charge in [-0.3, -0.25) is 24.0 Å². The summed E-state index contributed by atoms with van der Waals surface area (Å²) in [5.74, 6) is -10.5. The summed E-state index contributed by atoms with van der Waals surface area (Å²) in [5.41, 5.74) is 0.874. The number of ether oxygens (including phenoxy) is 3. The van der Waals surface area contributed by atoms with Crippen LogP contribution in [0.4, 0.5) is 4.79 Å². The highest BCUT2D eigenvalue weighted by Gasteiger charge is 2.46. The van der Waals surface area contributed by atoms with Crippen LogP contribution in [0.15, 0.2) is 29.1 Å². The van der Waals surface area contributed by atoms with E-state index in [4.69, 9.17) is 24.3 Å². The van der Waals surface area contributed by atoms with Crippen LogP contribution in [0.3, 0.4) is 0 Å². The number of nitrogens with zero attached hydrogens (tertiary/aromatic N) is 2. The minimum absolute atomic E-state index is 0.0191. The molecule has 0 saturated carbocycles.